The minimum absolute atomic E-state index is 0.263. The molecule has 0 radical (unpaired) electrons. The molecule has 0 unspecified atom stereocenters. The van der Waals surface area contributed by atoms with Gasteiger partial charge in [-0.1, -0.05) is 11.3 Å². The molecule has 0 aliphatic carbocycles. The van der Waals surface area contributed by atoms with Crippen LogP contribution < -0.4 is 5.32 Å². The molecule has 0 saturated heterocycles. The lowest BCUT2D eigenvalue weighted by molar-refractivity contribution is -0.117. The van der Waals surface area contributed by atoms with Gasteiger partial charge < -0.3 is 5.32 Å². The van der Waals surface area contributed by atoms with Gasteiger partial charge in [0.05, 0.1) is 0 Å². The zero-order valence-corrected chi connectivity index (χ0v) is 12.2. The molecule has 6 nitrogen and oxygen atoms in total. The number of nitrogens with zero attached hydrogens (tertiary/aromatic N) is 3. The van der Waals surface area contributed by atoms with E-state index in [0.29, 0.717) is 17.9 Å². The van der Waals surface area contributed by atoms with E-state index in [9.17, 15) is 9.18 Å². The maximum Gasteiger partial charge on any atom is 0.235 e. The van der Waals surface area contributed by atoms with Crippen molar-refractivity contribution in [2.45, 2.75) is 12.3 Å². The molecule has 22 heavy (non-hydrogen) atoms. The van der Waals surface area contributed by atoms with Gasteiger partial charge in [-0.15, -0.1) is 21.5 Å². The van der Waals surface area contributed by atoms with Crippen molar-refractivity contribution < 1.29 is 9.18 Å². The number of hydrogen-bond donors (Lipinski definition) is 2. The van der Waals surface area contributed by atoms with E-state index in [2.05, 4.69) is 25.9 Å². The second-order valence-electron chi connectivity index (χ2n) is 4.60. The summed E-state index contributed by atoms with van der Waals surface area (Å²) in [6.07, 6.45) is 0.476. The molecule has 1 amide bonds. The average molecular weight is 317 g/mol. The fourth-order valence-corrected chi connectivity index (χ4v) is 2.76. The first-order chi connectivity index (χ1) is 10.7. The fourth-order valence-electron chi connectivity index (χ4n) is 2.01. The third-order valence-corrected chi connectivity index (χ3v) is 3.99. The van der Waals surface area contributed by atoms with Crippen LogP contribution in [0.1, 0.15) is 16.6 Å². The van der Waals surface area contributed by atoms with Gasteiger partial charge in [0.2, 0.25) is 5.91 Å². The maximum atomic E-state index is 12.9. The van der Waals surface area contributed by atoms with E-state index in [-0.39, 0.29) is 11.7 Å². The number of benzene rings is 1. The Morgan fingerprint density at radius 1 is 1.32 bits per heavy atom. The van der Waals surface area contributed by atoms with E-state index in [1.165, 1.54) is 24.3 Å². The van der Waals surface area contributed by atoms with Crippen LogP contribution in [0, 0.1) is 5.82 Å². The molecule has 2 heterocycles. The lowest BCUT2D eigenvalue weighted by atomic mass is 10.0. The normalized spacial score (nSPS) is 12.0. The molecular formula is C14H12FN5OS. The number of anilines is 1. The highest BCUT2D eigenvalue weighted by molar-refractivity contribution is 7.09. The Labute approximate surface area is 129 Å². The first-order valence-corrected chi connectivity index (χ1v) is 7.42. The zero-order valence-electron chi connectivity index (χ0n) is 11.4. The third-order valence-electron chi connectivity index (χ3n) is 3.09. The lowest BCUT2D eigenvalue weighted by Crippen LogP contribution is -2.24. The van der Waals surface area contributed by atoms with E-state index in [1.807, 2.05) is 17.5 Å². The van der Waals surface area contributed by atoms with Gasteiger partial charge in [-0.3, -0.25) is 4.79 Å². The number of thiophene rings is 1. The van der Waals surface area contributed by atoms with Gasteiger partial charge in [-0.2, -0.15) is 5.21 Å². The van der Waals surface area contributed by atoms with Crippen LogP contribution in [0.15, 0.2) is 41.8 Å². The molecule has 1 aromatic carbocycles. The molecule has 3 rings (SSSR count). The first-order valence-electron chi connectivity index (χ1n) is 6.54. The van der Waals surface area contributed by atoms with Gasteiger partial charge in [0.1, 0.15) is 11.7 Å². The topological polar surface area (TPSA) is 83.6 Å². The van der Waals surface area contributed by atoms with Crippen LogP contribution in [0.4, 0.5) is 10.1 Å². The van der Waals surface area contributed by atoms with Crippen LogP contribution in [0.2, 0.25) is 0 Å². The van der Waals surface area contributed by atoms with Crippen molar-refractivity contribution in [3.05, 3.63) is 58.3 Å². The van der Waals surface area contributed by atoms with Gasteiger partial charge >= 0.3 is 0 Å². The molecule has 0 fully saturated rings. The third kappa shape index (κ3) is 3.34. The number of aromatic amines is 1. The Kier molecular flexibility index (Phi) is 4.19. The van der Waals surface area contributed by atoms with Crippen LogP contribution in [-0.2, 0) is 11.2 Å². The molecule has 0 bridgehead atoms. The second-order valence-corrected chi connectivity index (χ2v) is 5.63. The van der Waals surface area contributed by atoms with Gasteiger partial charge in [-0.05, 0) is 35.7 Å². The summed E-state index contributed by atoms with van der Waals surface area (Å²) in [6, 6.07) is 9.46. The van der Waals surface area contributed by atoms with E-state index in [0.717, 1.165) is 4.88 Å². The van der Waals surface area contributed by atoms with Crippen molar-refractivity contribution >= 4 is 22.9 Å². The van der Waals surface area contributed by atoms with Crippen molar-refractivity contribution in [2.24, 2.45) is 0 Å². The van der Waals surface area contributed by atoms with Gasteiger partial charge in [-0.25, -0.2) is 4.39 Å². The smallest absolute Gasteiger partial charge is 0.235 e. The first kappa shape index (κ1) is 14.3. The van der Waals surface area contributed by atoms with Crippen LogP contribution >= 0.6 is 11.3 Å². The molecule has 112 valence electrons. The standard InChI is InChI=1S/C14H12FN5OS/c15-9-3-5-10(6-4-9)16-14(21)12(13-17-19-20-18-13)8-11-2-1-7-22-11/h1-7,12H,8H2,(H,16,21)(H,17,18,19,20)/t12-/m0/s1. The molecular weight excluding hydrogens is 305 g/mol. The number of rotatable bonds is 5. The highest BCUT2D eigenvalue weighted by atomic mass is 32.1. The Morgan fingerprint density at radius 2 is 2.14 bits per heavy atom. The van der Waals surface area contributed by atoms with Crippen molar-refractivity contribution in [3.63, 3.8) is 0 Å². The van der Waals surface area contributed by atoms with E-state index in [1.54, 1.807) is 11.3 Å². The van der Waals surface area contributed by atoms with E-state index < -0.39 is 5.92 Å². The van der Waals surface area contributed by atoms with Gasteiger partial charge in [0, 0.05) is 17.0 Å². The minimum Gasteiger partial charge on any atom is -0.325 e. The predicted molar refractivity (Wildman–Crippen MR) is 80.0 cm³/mol. The highest BCUT2D eigenvalue weighted by Gasteiger charge is 2.25. The summed E-state index contributed by atoms with van der Waals surface area (Å²) < 4.78 is 12.9. The van der Waals surface area contributed by atoms with Gasteiger partial charge in [0.15, 0.2) is 5.82 Å². The summed E-state index contributed by atoms with van der Waals surface area (Å²) in [5, 5.41) is 18.4. The summed E-state index contributed by atoms with van der Waals surface area (Å²) in [5.41, 5.74) is 0.520. The monoisotopic (exact) mass is 317 g/mol. The number of carbonyl (C=O) groups is 1. The highest BCUT2D eigenvalue weighted by Crippen LogP contribution is 2.22. The largest absolute Gasteiger partial charge is 0.325 e. The summed E-state index contributed by atoms with van der Waals surface area (Å²) in [4.78, 5) is 13.5. The number of aromatic nitrogens is 4. The zero-order chi connectivity index (χ0) is 15.4. The summed E-state index contributed by atoms with van der Waals surface area (Å²) in [7, 11) is 0. The molecule has 0 saturated carbocycles. The van der Waals surface area contributed by atoms with E-state index in [4.69, 9.17) is 0 Å². The van der Waals surface area contributed by atoms with Crippen LogP contribution in [0.3, 0.4) is 0 Å². The average Bonchev–Trinajstić information content (AvgIpc) is 3.20. The SMILES string of the molecule is O=C(Nc1ccc(F)cc1)[C@@H](Cc1cccs1)c1nn[nH]n1. The lowest BCUT2D eigenvalue weighted by Gasteiger charge is -2.12. The molecule has 2 N–H and O–H groups in total. The number of H-pyrrole nitrogens is 1. The molecule has 0 spiro atoms. The molecule has 0 aliphatic heterocycles. The molecule has 2 aromatic heterocycles. The molecule has 0 aliphatic rings. The number of hydrogen-bond acceptors (Lipinski definition) is 5. The van der Waals surface area contributed by atoms with Crippen molar-refractivity contribution in [2.75, 3.05) is 5.32 Å². The summed E-state index contributed by atoms with van der Waals surface area (Å²) in [5.74, 6) is -0.858. The van der Waals surface area contributed by atoms with Crippen molar-refractivity contribution in [1.82, 2.24) is 20.6 Å². The summed E-state index contributed by atoms with van der Waals surface area (Å²) in [6.45, 7) is 0. The van der Waals surface area contributed by atoms with Crippen molar-refractivity contribution in [1.29, 1.82) is 0 Å². The predicted octanol–water partition coefficient (Wildman–Crippen LogP) is 2.37. The van der Waals surface area contributed by atoms with Crippen molar-refractivity contribution in [3.8, 4) is 0 Å². The Morgan fingerprint density at radius 3 is 2.77 bits per heavy atom. The van der Waals surface area contributed by atoms with Crippen LogP contribution in [0.25, 0.3) is 0 Å². The molecule has 3 aromatic rings. The van der Waals surface area contributed by atoms with Crippen LogP contribution in [-0.4, -0.2) is 26.5 Å². The number of tetrazole rings is 1. The number of halogens is 1. The Bertz CT molecular complexity index is 727. The van der Waals surface area contributed by atoms with Crippen LogP contribution in [0.5, 0.6) is 0 Å². The van der Waals surface area contributed by atoms with Gasteiger partial charge in [0.25, 0.3) is 0 Å². The second kappa shape index (κ2) is 6.44. The molecule has 8 heteroatoms. The maximum absolute atomic E-state index is 12.9. The minimum atomic E-state index is -0.567. The summed E-state index contributed by atoms with van der Waals surface area (Å²) >= 11 is 1.56. The molecule has 1 atom stereocenters. The number of amides is 1. The Hall–Kier alpha value is -2.61. The Balaban J connectivity index is 1.79. The fraction of sp³-hybridized carbons (Fsp3) is 0.143. The number of nitrogens with one attached hydrogen (secondary N) is 2. The van der Waals surface area contributed by atoms with E-state index >= 15 is 0 Å². The quantitative estimate of drug-likeness (QED) is 0.756. The number of carbonyl (C=O) groups excluding carboxylic acids is 1.